The molecule has 0 fully saturated rings. The maximum Gasteiger partial charge on any atom is 0.416 e. The van der Waals surface area contributed by atoms with Gasteiger partial charge in [-0.15, -0.1) is 0 Å². The average molecular weight is 520 g/mol. The van der Waals surface area contributed by atoms with Gasteiger partial charge in [0.1, 0.15) is 12.0 Å². The van der Waals surface area contributed by atoms with Crippen molar-refractivity contribution in [2.24, 2.45) is 7.05 Å². The number of carbonyl (C=O) groups is 1. The van der Waals surface area contributed by atoms with E-state index in [1.54, 1.807) is 40.8 Å². The van der Waals surface area contributed by atoms with E-state index in [-0.39, 0.29) is 6.61 Å². The number of imidazole rings is 1. The minimum Gasteiger partial charge on any atom is -0.458 e. The number of rotatable bonds is 7. The fraction of sp³-hybridized carbons (Fsp3) is 0.214. The summed E-state index contributed by atoms with van der Waals surface area (Å²) in [5.74, 6) is -0.467. The minimum atomic E-state index is -4.43. The highest BCUT2D eigenvalue weighted by Crippen LogP contribution is 2.34. The fourth-order valence-electron chi connectivity index (χ4n) is 4.46. The predicted octanol–water partition coefficient (Wildman–Crippen LogP) is 5.39. The Hall–Kier alpha value is -4.47. The Morgan fingerprint density at radius 1 is 1.00 bits per heavy atom. The van der Waals surface area contributed by atoms with Crippen molar-refractivity contribution in [3.63, 3.8) is 0 Å². The van der Waals surface area contributed by atoms with Gasteiger partial charge in [-0.3, -0.25) is 4.79 Å². The van der Waals surface area contributed by atoms with Crippen molar-refractivity contribution in [3.05, 3.63) is 108 Å². The van der Waals surface area contributed by atoms with E-state index in [1.807, 2.05) is 37.4 Å². The summed E-state index contributed by atoms with van der Waals surface area (Å²) in [4.78, 5) is 22.3. The number of hydrogen-bond donors (Lipinski definition) is 0. The van der Waals surface area contributed by atoms with Crippen LogP contribution in [0.3, 0.4) is 0 Å². The molecule has 0 aliphatic rings. The van der Waals surface area contributed by atoms with Gasteiger partial charge in [-0.2, -0.15) is 18.3 Å². The van der Waals surface area contributed by atoms with Crippen LogP contribution in [-0.2, 0) is 41.2 Å². The maximum absolute atomic E-state index is 13.7. The van der Waals surface area contributed by atoms with Crippen LogP contribution in [0.5, 0.6) is 0 Å². The van der Waals surface area contributed by atoms with Gasteiger partial charge < -0.3 is 9.30 Å². The molecule has 0 N–H and O–H groups in total. The summed E-state index contributed by atoms with van der Waals surface area (Å²) in [5.41, 5.74) is 1.66. The van der Waals surface area contributed by atoms with E-state index in [2.05, 4.69) is 15.1 Å². The molecule has 2 aromatic carbocycles. The van der Waals surface area contributed by atoms with E-state index in [9.17, 15) is 18.0 Å². The number of hydrogen-bond acceptors (Lipinski definition) is 5. The highest BCUT2D eigenvalue weighted by Gasteiger charge is 2.40. The van der Waals surface area contributed by atoms with Gasteiger partial charge in [-0.25, -0.2) is 14.5 Å². The summed E-state index contributed by atoms with van der Waals surface area (Å²) < 4.78 is 48.2. The molecule has 194 valence electrons. The molecule has 0 bridgehead atoms. The first kappa shape index (κ1) is 25.2. The Labute approximate surface area is 216 Å². The van der Waals surface area contributed by atoms with Crippen molar-refractivity contribution >= 4 is 11.6 Å². The standard InChI is InChI=1S/C28H24F3N5O2/c1-27(14-19-6-4-3-5-7-19,26(37)38-17-22-16-35(2)18-33-22)24-12-13-32-25-23(15-34-36(24)25)20-8-10-21(11-9-20)28(29,30)31/h3-13,15-16,18H,14,17H2,1-2H3. The van der Waals surface area contributed by atoms with Crippen molar-refractivity contribution in [1.82, 2.24) is 24.1 Å². The quantitative estimate of drug-likeness (QED) is 0.270. The molecule has 5 rings (SSSR count). The lowest BCUT2D eigenvalue weighted by molar-refractivity contribution is -0.151. The molecule has 0 saturated carbocycles. The van der Waals surface area contributed by atoms with Crippen LogP contribution in [0.25, 0.3) is 16.8 Å². The van der Waals surface area contributed by atoms with Gasteiger partial charge in [-0.1, -0.05) is 42.5 Å². The number of fused-ring (bicyclic) bond motifs is 1. The van der Waals surface area contributed by atoms with Crippen molar-refractivity contribution in [3.8, 4) is 11.1 Å². The van der Waals surface area contributed by atoms with Gasteiger partial charge in [0.05, 0.1) is 29.5 Å². The van der Waals surface area contributed by atoms with Gasteiger partial charge in [-0.05, 0) is 42.7 Å². The zero-order chi connectivity index (χ0) is 26.9. The van der Waals surface area contributed by atoms with Gasteiger partial charge >= 0.3 is 12.1 Å². The van der Waals surface area contributed by atoms with Crippen LogP contribution in [-0.4, -0.2) is 30.1 Å². The van der Waals surface area contributed by atoms with E-state index >= 15 is 0 Å². The molecule has 0 aliphatic heterocycles. The number of ether oxygens (including phenoxy) is 1. The molecule has 1 unspecified atom stereocenters. The van der Waals surface area contributed by atoms with Crippen molar-refractivity contribution in [1.29, 1.82) is 0 Å². The summed E-state index contributed by atoms with van der Waals surface area (Å²) >= 11 is 0. The summed E-state index contributed by atoms with van der Waals surface area (Å²) in [7, 11) is 1.83. The van der Waals surface area contributed by atoms with Crippen LogP contribution in [0.4, 0.5) is 13.2 Å². The average Bonchev–Trinajstić information content (AvgIpc) is 3.53. The number of alkyl halides is 3. The number of benzene rings is 2. The molecule has 1 atom stereocenters. The molecule has 0 aliphatic carbocycles. The Bertz CT molecular complexity index is 1580. The first-order valence-electron chi connectivity index (χ1n) is 11.8. The number of aryl methyl sites for hydroxylation is 1. The van der Waals surface area contributed by atoms with Crippen LogP contribution in [0.1, 0.15) is 29.4 Å². The second kappa shape index (κ2) is 9.77. The van der Waals surface area contributed by atoms with Gasteiger partial charge in [0.2, 0.25) is 0 Å². The first-order valence-corrected chi connectivity index (χ1v) is 11.8. The predicted molar refractivity (Wildman–Crippen MR) is 134 cm³/mol. The second-order valence-electron chi connectivity index (χ2n) is 9.30. The molecule has 7 nitrogen and oxygen atoms in total. The van der Waals surface area contributed by atoms with E-state index < -0.39 is 23.1 Å². The van der Waals surface area contributed by atoms with Gasteiger partial charge in [0, 0.05) is 25.0 Å². The second-order valence-corrected chi connectivity index (χ2v) is 9.30. The lowest BCUT2D eigenvalue weighted by Gasteiger charge is -2.28. The molecule has 0 spiro atoms. The molecule has 0 saturated heterocycles. The van der Waals surface area contributed by atoms with Gasteiger partial charge in [0.25, 0.3) is 0 Å². The third-order valence-electron chi connectivity index (χ3n) is 6.45. The monoisotopic (exact) mass is 519 g/mol. The zero-order valence-electron chi connectivity index (χ0n) is 20.7. The van der Waals surface area contributed by atoms with E-state index in [4.69, 9.17) is 4.74 Å². The third kappa shape index (κ3) is 4.89. The molecule has 10 heteroatoms. The van der Waals surface area contributed by atoms with Crippen LogP contribution >= 0.6 is 0 Å². The lowest BCUT2D eigenvalue weighted by atomic mass is 9.80. The van der Waals surface area contributed by atoms with Crippen molar-refractivity contribution in [2.45, 2.75) is 31.5 Å². The molecule has 0 amide bonds. The van der Waals surface area contributed by atoms with Crippen molar-refractivity contribution < 1.29 is 22.7 Å². The van der Waals surface area contributed by atoms with Crippen LogP contribution in [0.2, 0.25) is 0 Å². The fourth-order valence-corrected chi connectivity index (χ4v) is 4.46. The summed E-state index contributed by atoms with van der Waals surface area (Å²) in [6.07, 6.45) is 2.40. The van der Waals surface area contributed by atoms with Gasteiger partial charge in [0.15, 0.2) is 5.65 Å². The van der Waals surface area contributed by atoms with Crippen LogP contribution in [0, 0.1) is 0 Å². The SMILES string of the molecule is Cn1cnc(COC(=O)C(C)(Cc2ccccc2)c2ccnc3c(-c4ccc(C(F)(F)F)cc4)cnn23)c1. The molecule has 3 aromatic heterocycles. The lowest BCUT2D eigenvalue weighted by Crippen LogP contribution is -2.38. The van der Waals surface area contributed by atoms with E-state index in [1.165, 1.54) is 18.3 Å². The maximum atomic E-state index is 13.7. The largest absolute Gasteiger partial charge is 0.458 e. The minimum absolute atomic E-state index is 0.00813. The third-order valence-corrected chi connectivity index (χ3v) is 6.45. The van der Waals surface area contributed by atoms with Crippen LogP contribution in [0.15, 0.2) is 85.6 Å². The van der Waals surface area contributed by atoms with E-state index in [0.717, 1.165) is 17.7 Å². The Morgan fingerprint density at radius 2 is 1.74 bits per heavy atom. The highest BCUT2D eigenvalue weighted by molar-refractivity contribution is 5.84. The summed E-state index contributed by atoms with van der Waals surface area (Å²) in [6.45, 7) is 1.79. The number of esters is 1. The Balaban J connectivity index is 1.55. The topological polar surface area (TPSA) is 74.3 Å². The number of halogens is 3. The molecular formula is C28H24F3N5O2. The molecule has 3 heterocycles. The molecular weight excluding hydrogens is 495 g/mol. The number of aromatic nitrogens is 5. The number of nitrogens with zero attached hydrogens (tertiary/aromatic N) is 5. The normalized spacial score (nSPS) is 13.4. The first-order chi connectivity index (χ1) is 18.1. The zero-order valence-corrected chi connectivity index (χ0v) is 20.7. The molecule has 5 aromatic rings. The summed E-state index contributed by atoms with van der Waals surface area (Å²) in [6, 6.07) is 16.1. The Morgan fingerprint density at radius 3 is 2.39 bits per heavy atom. The Kier molecular flexibility index (Phi) is 6.48. The van der Waals surface area contributed by atoms with Crippen molar-refractivity contribution in [2.75, 3.05) is 0 Å². The smallest absolute Gasteiger partial charge is 0.416 e. The van der Waals surface area contributed by atoms with Crippen LogP contribution < -0.4 is 0 Å². The highest BCUT2D eigenvalue weighted by atomic mass is 19.4. The molecule has 0 radical (unpaired) electrons. The summed E-state index contributed by atoms with van der Waals surface area (Å²) in [5, 5.41) is 4.49. The molecule has 38 heavy (non-hydrogen) atoms. The van der Waals surface area contributed by atoms with E-state index in [0.29, 0.717) is 34.6 Å². The number of carbonyl (C=O) groups excluding carboxylic acids is 1.